The van der Waals surface area contributed by atoms with Gasteiger partial charge in [-0.15, -0.1) is 0 Å². The molecule has 0 saturated heterocycles. The van der Waals surface area contributed by atoms with Crippen molar-refractivity contribution < 1.29 is 4.74 Å². The van der Waals surface area contributed by atoms with Crippen LogP contribution in [0, 0.1) is 13.8 Å². The van der Waals surface area contributed by atoms with E-state index in [9.17, 15) is 0 Å². The average molecular weight is 319 g/mol. The molecule has 0 heterocycles. The SMILES string of the molecule is COc1ccc(-c2c(C)c(C)cc([Si](C)(C)C)c2Cl)cc1. The lowest BCUT2D eigenvalue weighted by Gasteiger charge is -2.23. The van der Waals surface area contributed by atoms with Crippen molar-refractivity contribution >= 4 is 24.9 Å². The van der Waals surface area contributed by atoms with E-state index in [1.165, 1.54) is 16.3 Å². The van der Waals surface area contributed by atoms with Crippen LogP contribution in [-0.4, -0.2) is 15.2 Å². The van der Waals surface area contributed by atoms with E-state index in [0.717, 1.165) is 21.9 Å². The van der Waals surface area contributed by atoms with Crippen LogP contribution >= 0.6 is 11.6 Å². The Bertz CT molecular complexity index is 654. The number of aryl methyl sites for hydroxylation is 1. The summed E-state index contributed by atoms with van der Waals surface area (Å²) in [4.78, 5) is 0. The van der Waals surface area contributed by atoms with E-state index in [2.05, 4.69) is 51.7 Å². The molecular weight excluding hydrogens is 296 g/mol. The highest BCUT2D eigenvalue weighted by Gasteiger charge is 2.24. The molecule has 0 N–H and O–H groups in total. The fourth-order valence-electron chi connectivity index (χ4n) is 2.53. The zero-order valence-corrected chi connectivity index (χ0v) is 15.4. The van der Waals surface area contributed by atoms with Crippen molar-refractivity contribution in [2.75, 3.05) is 7.11 Å². The van der Waals surface area contributed by atoms with Gasteiger partial charge in [-0.1, -0.05) is 49.4 Å². The van der Waals surface area contributed by atoms with Crippen LogP contribution < -0.4 is 9.92 Å². The number of halogens is 1. The Balaban J connectivity index is 2.69. The van der Waals surface area contributed by atoms with Crippen molar-refractivity contribution in [3.8, 4) is 16.9 Å². The molecule has 0 fully saturated rings. The summed E-state index contributed by atoms with van der Waals surface area (Å²) in [6.45, 7) is 11.3. The van der Waals surface area contributed by atoms with Crippen LogP contribution in [0.15, 0.2) is 30.3 Å². The topological polar surface area (TPSA) is 9.23 Å². The summed E-state index contributed by atoms with van der Waals surface area (Å²) >= 11 is 6.78. The van der Waals surface area contributed by atoms with Gasteiger partial charge in [-0.2, -0.15) is 0 Å². The van der Waals surface area contributed by atoms with E-state index in [1.807, 2.05) is 12.1 Å². The van der Waals surface area contributed by atoms with Gasteiger partial charge >= 0.3 is 0 Å². The van der Waals surface area contributed by atoms with Gasteiger partial charge in [-0.3, -0.25) is 0 Å². The second-order valence-electron chi connectivity index (χ2n) is 6.53. The maximum atomic E-state index is 6.78. The molecule has 0 saturated carbocycles. The third kappa shape index (κ3) is 3.17. The summed E-state index contributed by atoms with van der Waals surface area (Å²) in [5.74, 6) is 0.866. The van der Waals surface area contributed by atoms with Crippen molar-refractivity contribution in [1.29, 1.82) is 0 Å². The van der Waals surface area contributed by atoms with Crippen LogP contribution in [0.3, 0.4) is 0 Å². The molecule has 0 amide bonds. The highest BCUT2D eigenvalue weighted by Crippen LogP contribution is 2.34. The molecule has 0 atom stereocenters. The molecule has 0 unspecified atom stereocenters. The molecule has 2 aromatic rings. The Labute approximate surface area is 133 Å². The van der Waals surface area contributed by atoms with Gasteiger partial charge in [0.2, 0.25) is 0 Å². The lowest BCUT2D eigenvalue weighted by Crippen LogP contribution is -2.39. The molecular formula is C18H23ClOSi. The quantitative estimate of drug-likeness (QED) is 0.709. The van der Waals surface area contributed by atoms with Gasteiger partial charge in [0.15, 0.2) is 0 Å². The Morgan fingerprint density at radius 3 is 2.05 bits per heavy atom. The van der Waals surface area contributed by atoms with Gasteiger partial charge in [-0.05, 0) is 47.9 Å². The molecule has 2 aromatic carbocycles. The van der Waals surface area contributed by atoms with E-state index in [0.29, 0.717) is 0 Å². The van der Waals surface area contributed by atoms with Gasteiger partial charge in [0.25, 0.3) is 0 Å². The van der Waals surface area contributed by atoms with Gasteiger partial charge in [0.1, 0.15) is 5.75 Å². The smallest absolute Gasteiger partial charge is 0.118 e. The highest BCUT2D eigenvalue weighted by molar-refractivity contribution is 6.90. The minimum atomic E-state index is -1.47. The molecule has 2 rings (SSSR count). The van der Waals surface area contributed by atoms with Gasteiger partial charge in [-0.25, -0.2) is 0 Å². The Hall–Kier alpha value is -1.25. The molecule has 1 nitrogen and oxygen atoms in total. The molecule has 112 valence electrons. The van der Waals surface area contributed by atoms with Crippen molar-refractivity contribution in [3.63, 3.8) is 0 Å². The molecule has 0 aliphatic rings. The van der Waals surface area contributed by atoms with Crippen LogP contribution in [0.5, 0.6) is 5.75 Å². The second kappa shape index (κ2) is 5.86. The summed E-state index contributed by atoms with van der Waals surface area (Å²) in [5, 5.41) is 2.25. The molecule has 0 bridgehead atoms. The average Bonchev–Trinajstić information content (AvgIpc) is 2.42. The van der Waals surface area contributed by atoms with Crippen LogP contribution in [0.4, 0.5) is 0 Å². The minimum absolute atomic E-state index is 0.866. The van der Waals surface area contributed by atoms with Crippen molar-refractivity contribution in [2.45, 2.75) is 33.5 Å². The number of rotatable bonds is 3. The zero-order chi connectivity index (χ0) is 15.8. The molecule has 0 aliphatic heterocycles. The van der Waals surface area contributed by atoms with Crippen LogP contribution in [-0.2, 0) is 0 Å². The van der Waals surface area contributed by atoms with E-state index < -0.39 is 8.07 Å². The fourth-order valence-corrected chi connectivity index (χ4v) is 5.12. The molecule has 3 heteroatoms. The van der Waals surface area contributed by atoms with Crippen LogP contribution in [0.2, 0.25) is 24.7 Å². The Morgan fingerprint density at radius 2 is 1.57 bits per heavy atom. The summed E-state index contributed by atoms with van der Waals surface area (Å²) in [6, 6.07) is 10.4. The molecule has 0 spiro atoms. The maximum Gasteiger partial charge on any atom is 0.118 e. The van der Waals surface area contributed by atoms with E-state index in [-0.39, 0.29) is 0 Å². The monoisotopic (exact) mass is 318 g/mol. The van der Waals surface area contributed by atoms with E-state index in [1.54, 1.807) is 7.11 Å². The first-order valence-electron chi connectivity index (χ1n) is 7.20. The first-order valence-corrected chi connectivity index (χ1v) is 11.1. The number of hydrogen-bond donors (Lipinski definition) is 0. The van der Waals surface area contributed by atoms with E-state index >= 15 is 0 Å². The molecule has 0 radical (unpaired) electrons. The Morgan fingerprint density at radius 1 is 1.00 bits per heavy atom. The van der Waals surface area contributed by atoms with Crippen molar-refractivity contribution in [1.82, 2.24) is 0 Å². The number of methoxy groups -OCH3 is 1. The van der Waals surface area contributed by atoms with Crippen LogP contribution in [0.1, 0.15) is 11.1 Å². The first kappa shape index (κ1) is 16.1. The number of hydrogen-bond acceptors (Lipinski definition) is 1. The third-order valence-corrected chi connectivity index (χ3v) is 6.53. The predicted molar refractivity (Wildman–Crippen MR) is 95.9 cm³/mol. The summed E-state index contributed by atoms with van der Waals surface area (Å²) < 4.78 is 5.24. The van der Waals surface area contributed by atoms with Gasteiger partial charge in [0, 0.05) is 10.6 Å². The number of ether oxygens (including phenoxy) is 1. The van der Waals surface area contributed by atoms with Gasteiger partial charge < -0.3 is 4.74 Å². The normalized spacial score (nSPS) is 11.6. The molecule has 21 heavy (non-hydrogen) atoms. The zero-order valence-electron chi connectivity index (χ0n) is 13.7. The summed E-state index contributed by atoms with van der Waals surface area (Å²) in [7, 11) is 0.213. The molecule has 0 aromatic heterocycles. The largest absolute Gasteiger partial charge is 0.497 e. The lowest BCUT2D eigenvalue weighted by molar-refractivity contribution is 0.415. The van der Waals surface area contributed by atoms with E-state index in [4.69, 9.17) is 16.3 Å². The standard InChI is InChI=1S/C18H23ClOSi/c1-12-11-16(21(4,5)6)18(19)17(13(12)2)14-7-9-15(20-3)10-8-14/h7-11H,1-6H3. The summed E-state index contributed by atoms with van der Waals surface area (Å²) in [6.07, 6.45) is 0. The first-order chi connectivity index (χ1) is 9.75. The number of benzene rings is 2. The second-order valence-corrected chi connectivity index (χ2v) is 12.0. The van der Waals surface area contributed by atoms with Gasteiger partial charge in [0.05, 0.1) is 15.2 Å². The lowest BCUT2D eigenvalue weighted by atomic mass is 9.97. The van der Waals surface area contributed by atoms with Crippen LogP contribution in [0.25, 0.3) is 11.1 Å². The van der Waals surface area contributed by atoms with Crippen molar-refractivity contribution in [3.05, 3.63) is 46.5 Å². The highest BCUT2D eigenvalue weighted by atomic mass is 35.5. The summed E-state index contributed by atoms with van der Waals surface area (Å²) in [5.41, 5.74) is 4.88. The predicted octanol–water partition coefficient (Wildman–Crippen LogP) is 5.18. The maximum absolute atomic E-state index is 6.78. The Kier molecular flexibility index (Phi) is 4.50. The van der Waals surface area contributed by atoms with Crippen molar-refractivity contribution in [2.24, 2.45) is 0 Å². The molecule has 0 aliphatic carbocycles. The minimum Gasteiger partial charge on any atom is -0.497 e. The third-order valence-electron chi connectivity index (χ3n) is 3.97. The fraction of sp³-hybridized carbons (Fsp3) is 0.333.